The zero-order valence-electron chi connectivity index (χ0n) is 10.5. The van der Waals surface area contributed by atoms with Crippen molar-refractivity contribution in [3.8, 4) is 0 Å². The summed E-state index contributed by atoms with van der Waals surface area (Å²) >= 11 is 0. The van der Waals surface area contributed by atoms with Gasteiger partial charge in [0.15, 0.2) is 5.78 Å². The van der Waals surface area contributed by atoms with E-state index in [9.17, 15) is 22.6 Å². The van der Waals surface area contributed by atoms with Crippen LogP contribution in [0.25, 0.3) is 0 Å². The molecule has 1 unspecified atom stereocenters. The molecular weight excluding hydrogens is 283 g/mol. The molecule has 8 heteroatoms. The Morgan fingerprint density at radius 3 is 2.21 bits per heavy atom. The van der Waals surface area contributed by atoms with E-state index in [0.717, 1.165) is 7.11 Å². The van der Waals surface area contributed by atoms with Crippen LogP contribution >= 0.6 is 0 Å². The second kappa shape index (κ2) is 7.76. The van der Waals surface area contributed by atoms with E-state index in [1.165, 1.54) is 24.3 Å². The number of methoxy groups -OCH3 is 1. The van der Waals surface area contributed by atoms with Gasteiger partial charge in [0, 0.05) is 5.56 Å². The van der Waals surface area contributed by atoms with Crippen LogP contribution in [0.4, 0.5) is 0 Å². The smallest absolute Gasteiger partial charge is 0.747 e. The maximum Gasteiger partial charge on any atom is 1.00 e. The number of hydrogen-bond donors (Lipinski definition) is 0. The molecule has 0 saturated carbocycles. The summed E-state index contributed by atoms with van der Waals surface area (Å²) in [4.78, 5) is 22.9. The third-order valence-electron chi connectivity index (χ3n) is 2.28. The summed E-state index contributed by atoms with van der Waals surface area (Å²) < 4.78 is 37.3. The van der Waals surface area contributed by atoms with Crippen molar-refractivity contribution in [1.29, 1.82) is 0 Å². The maximum absolute atomic E-state index is 11.9. The molecule has 0 aliphatic rings. The molecule has 98 valence electrons. The number of carbonyl (C=O) groups is 2. The minimum absolute atomic E-state index is 0. The van der Waals surface area contributed by atoms with Gasteiger partial charge in [-0.3, -0.25) is 9.59 Å². The molecule has 0 aliphatic carbocycles. The van der Waals surface area contributed by atoms with Crippen molar-refractivity contribution >= 4 is 21.9 Å². The molecule has 0 spiro atoms. The Kier molecular flexibility index (Phi) is 7.46. The van der Waals surface area contributed by atoms with Crippen molar-refractivity contribution in [3.05, 3.63) is 35.9 Å². The van der Waals surface area contributed by atoms with Crippen LogP contribution in [0.1, 0.15) is 16.8 Å². The molecule has 0 fully saturated rings. The third-order valence-corrected chi connectivity index (χ3v) is 3.36. The molecule has 1 aromatic rings. The van der Waals surface area contributed by atoms with E-state index in [1.807, 2.05) is 0 Å². The topological polar surface area (TPSA) is 101 Å². The summed E-state index contributed by atoms with van der Waals surface area (Å²) in [6.07, 6.45) is -0.782. The van der Waals surface area contributed by atoms with Crippen LogP contribution in [-0.2, 0) is 19.6 Å². The summed E-state index contributed by atoms with van der Waals surface area (Å²) in [5.74, 6) is -1.83. The first kappa shape index (κ1) is 18.3. The van der Waals surface area contributed by atoms with Crippen molar-refractivity contribution in [2.75, 3.05) is 7.11 Å². The molecule has 1 atom stereocenters. The molecule has 0 amide bonds. The van der Waals surface area contributed by atoms with Crippen molar-refractivity contribution < 1.29 is 56.9 Å². The van der Waals surface area contributed by atoms with Gasteiger partial charge >= 0.3 is 35.5 Å². The Bertz CT molecular complexity index is 540. The largest absolute Gasteiger partial charge is 1.00 e. The van der Waals surface area contributed by atoms with Gasteiger partial charge in [-0.15, -0.1) is 0 Å². The number of ketones is 1. The van der Waals surface area contributed by atoms with Crippen LogP contribution in [0.15, 0.2) is 30.3 Å². The SMILES string of the molecule is COC(=O)CC(C(=O)c1ccccc1)S(=O)(=O)[O-].[Na+]. The summed E-state index contributed by atoms with van der Waals surface area (Å²) in [6.45, 7) is 0. The summed E-state index contributed by atoms with van der Waals surface area (Å²) in [5.41, 5.74) is 0.0610. The standard InChI is InChI=1S/C11H12O6S.Na/c1-17-10(12)7-9(18(14,15)16)11(13)8-5-3-2-4-6-8;/h2-6,9H,7H2,1H3,(H,14,15,16);/q;+1/p-1. The van der Waals surface area contributed by atoms with Gasteiger partial charge in [0.1, 0.15) is 15.4 Å². The van der Waals surface area contributed by atoms with Crippen molar-refractivity contribution in [2.45, 2.75) is 11.7 Å². The minimum Gasteiger partial charge on any atom is -0.747 e. The van der Waals surface area contributed by atoms with E-state index in [2.05, 4.69) is 4.74 Å². The number of benzene rings is 1. The molecule has 19 heavy (non-hydrogen) atoms. The van der Waals surface area contributed by atoms with Gasteiger partial charge in [0.25, 0.3) is 0 Å². The Morgan fingerprint density at radius 1 is 1.26 bits per heavy atom. The van der Waals surface area contributed by atoms with E-state index in [-0.39, 0.29) is 35.1 Å². The summed E-state index contributed by atoms with van der Waals surface area (Å²) in [5, 5.41) is -1.95. The molecule has 0 N–H and O–H groups in total. The van der Waals surface area contributed by atoms with Crippen molar-refractivity contribution in [1.82, 2.24) is 0 Å². The molecule has 1 aromatic carbocycles. The molecule has 0 saturated heterocycles. The second-order valence-corrected chi connectivity index (χ2v) is 5.05. The predicted octanol–water partition coefficient (Wildman–Crippen LogP) is -2.65. The predicted molar refractivity (Wildman–Crippen MR) is 60.9 cm³/mol. The molecule has 0 aliphatic heterocycles. The van der Waals surface area contributed by atoms with E-state index in [4.69, 9.17) is 0 Å². The Morgan fingerprint density at radius 2 is 1.79 bits per heavy atom. The molecule has 0 aromatic heterocycles. The first-order valence-corrected chi connectivity index (χ1v) is 6.44. The molecular formula is C11H11NaO6S. The second-order valence-electron chi connectivity index (χ2n) is 3.49. The molecule has 0 bridgehead atoms. The van der Waals surface area contributed by atoms with Gasteiger partial charge in [-0.2, -0.15) is 0 Å². The molecule has 1 rings (SSSR count). The van der Waals surface area contributed by atoms with E-state index < -0.39 is 33.5 Å². The zero-order valence-corrected chi connectivity index (χ0v) is 13.3. The summed E-state index contributed by atoms with van der Waals surface area (Å²) in [7, 11) is -3.87. The number of Topliss-reactive ketones (excluding diaryl/α,β-unsaturated/α-hetero) is 1. The average molecular weight is 294 g/mol. The number of esters is 1. The van der Waals surface area contributed by atoms with Gasteiger partial charge in [-0.25, -0.2) is 8.42 Å². The van der Waals surface area contributed by atoms with Crippen LogP contribution in [0.3, 0.4) is 0 Å². The third kappa shape index (κ3) is 5.42. The number of ether oxygens (including phenoxy) is 1. The average Bonchev–Trinajstić information content (AvgIpc) is 2.34. The van der Waals surface area contributed by atoms with Crippen molar-refractivity contribution in [2.24, 2.45) is 0 Å². The van der Waals surface area contributed by atoms with Gasteiger partial charge in [0.2, 0.25) is 0 Å². The van der Waals surface area contributed by atoms with Crippen LogP contribution in [0.5, 0.6) is 0 Å². The zero-order chi connectivity index (χ0) is 13.8. The fraction of sp³-hybridized carbons (Fsp3) is 0.273. The molecule has 6 nitrogen and oxygen atoms in total. The Balaban J connectivity index is 0.00000324. The molecule has 0 radical (unpaired) electrons. The number of carbonyl (C=O) groups excluding carboxylic acids is 2. The van der Waals surface area contributed by atoms with Crippen LogP contribution < -0.4 is 29.6 Å². The van der Waals surface area contributed by atoms with Crippen LogP contribution in [-0.4, -0.2) is 37.1 Å². The number of rotatable bonds is 5. The maximum atomic E-state index is 11.9. The van der Waals surface area contributed by atoms with Gasteiger partial charge in [-0.1, -0.05) is 30.3 Å². The molecule has 0 heterocycles. The van der Waals surface area contributed by atoms with E-state index in [0.29, 0.717) is 0 Å². The van der Waals surface area contributed by atoms with Crippen molar-refractivity contribution in [3.63, 3.8) is 0 Å². The first-order valence-electron chi connectivity index (χ1n) is 4.97. The fourth-order valence-electron chi connectivity index (χ4n) is 1.35. The normalized spacial score (nSPS) is 12.1. The van der Waals surface area contributed by atoms with Crippen LogP contribution in [0, 0.1) is 0 Å². The monoisotopic (exact) mass is 294 g/mol. The number of hydrogen-bond acceptors (Lipinski definition) is 6. The minimum atomic E-state index is -4.92. The van der Waals surface area contributed by atoms with Gasteiger partial charge in [-0.05, 0) is 0 Å². The Hall–Kier alpha value is -0.730. The Labute approximate surface area is 133 Å². The van der Waals surface area contributed by atoms with Crippen LogP contribution in [0.2, 0.25) is 0 Å². The fourth-order valence-corrected chi connectivity index (χ4v) is 2.09. The summed E-state index contributed by atoms with van der Waals surface area (Å²) in [6, 6.07) is 7.44. The first-order chi connectivity index (χ1) is 8.36. The van der Waals surface area contributed by atoms with Gasteiger partial charge in [0.05, 0.1) is 13.5 Å². The quantitative estimate of drug-likeness (QED) is 0.254. The van der Waals surface area contributed by atoms with Gasteiger partial charge < -0.3 is 9.29 Å². The van der Waals surface area contributed by atoms with E-state index in [1.54, 1.807) is 6.07 Å². The van der Waals surface area contributed by atoms with E-state index >= 15 is 0 Å².